The van der Waals surface area contributed by atoms with Gasteiger partial charge in [0.2, 0.25) is 0 Å². The first-order chi connectivity index (χ1) is 12.9. The molecule has 5 nitrogen and oxygen atoms in total. The SMILES string of the molecule is CCC(=O)C1=C(O)C(=O)N(c2nc3cc(Cl)c(C)cc3s2)C1c1cccs1. The molecule has 1 aliphatic rings. The van der Waals surface area contributed by atoms with E-state index >= 15 is 0 Å². The molecule has 3 aromatic rings. The lowest BCUT2D eigenvalue weighted by molar-refractivity contribution is -0.118. The molecule has 0 bridgehead atoms. The van der Waals surface area contributed by atoms with Crippen molar-refractivity contribution in [3.63, 3.8) is 0 Å². The quantitative estimate of drug-likeness (QED) is 0.632. The third kappa shape index (κ3) is 2.86. The van der Waals surface area contributed by atoms with Gasteiger partial charge >= 0.3 is 0 Å². The lowest BCUT2D eigenvalue weighted by Crippen LogP contribution is -2.30. The molecule has 27 heavy (non-hydrogen) atoms. The average Bonchev–Trinajstić information content (AvgIpc) is 3.34. The van der Waals surface area contributed by atoms with Gasteiger partial charge in [-0.1, -0.05) is 35.9 Å². The van der Waals surface area contributed by atoms with Crippen molar-refractivity contribution in [3.05, 3.63) is 56.4 Å². The molecular formula is C19H15ClN2O3S2. The number of thiazole rings is 1. The second kappa shape index (κ2) is 6.74. The smallest absolute Gasteiger partial charge is 0.296 e. The zero-order valence-corrected chi connectivity index (χ0v) is 16.9. The van der Waals surface area contributed by atoms with Crippen LogP contribution in [0.15, 0.2) is 41.0 Å². The Morgan fingerprint density at radius 3 is 2.85 bits per heavy atom. The number of aliphatic hydroxyl groups is 1. The highest BCUT2D eigenvalue weighted by Gasteiger charge is 2.45. The summed E-state index contributed by atoms with van der Waals surface area (Å²) in [6.45, 7) is 3.62. The number of hydrogen-bond acceptors (Lipinski definition) is 6. The number of fused-ring (bicyclic) bond motifs is 1. The molecule has 0 saturated carbocycles. The summed E-state index contributed by atoms with van der Waals surface area (Å²) < 4.78 is 0.888. The van der Waals surface area contributed by atoms with Gasteiger partial charge in [0.15, 0.2) is 16.7 Å². The van der Waals surface area contributed by atoms with E-state index in [2.05, 4.69) is 4.98 Å². The van der Waals surface area contributed by atoms with Gasteiger partial charge in [0, 0.05) is 16.3 Å². The van der Waals surface area contributed by atoms with Crippen LogP contribution in [-0.4, -0.2) is 21.8 Å². The van der Waals surface area contributed by atoms with Gasteiger partial charge in [-0.25, -0.2) is 4.98 Å². The lowest BCUT2D eigenvalue weighted by Gasteiger charge is -2.22. The van der Waals surface area contributed by atoms with E-state index < -0.39 is 17.7 Å². The Kier molecular flexibility index (Phi) is 4.53. The summed E-state index contributed by atoms with van der Waals surface area (Å²) >= 11 is 8.96. The number of aryl methyl sites for hydroxylation is 1. The number of halogens is 1. The third-order valence-corrected chi connectivity index (χ3v) is 6.86. The number of aromatic nitrogens is 1. The molecule has 0 fully saturated rings. The number of benzene rings is 1. The standard InChI is InChI=1S/C19H15ClN2O3S2/c1-3-12(23)15-16(13-5-4-6-26-13)22(18(25)17(15)24)19-21-11-8-10(20)9(2)7-14(11)27-19/h4-8,16,24H,3H2,1-2H3. The summed E-state index contributed by atoms with van der Waals surface area (Å²) in [5.41, 5.74) is 1.74. The Morgan fingerprint density at radius 1 is 1.41 bits per heavy atom. The van der Waals surface area contributed by atoms with E-state index in [0.717, 1.165) is 15.1 Å². The Morgan fingerprint density at radius 2 is 2.19 bits per heavy atom. The maximum Gasteiger partial charge on any atom is 0.296 e. The van der Waals surface area contributed by atoms with E-state index in [1.807, 2.05) is 30.5 Å². The molecule has 0 aliphatic carbocycles. The number of Topliss-reactive ketones (excluding diaryl/α,β-unsaturated/α-hetero) is 1. The van der Waals surface area contributed by atoms with Crippen LogP contribution in [0.3, 0.4) is 0 Å². The average molecular weight is 419 g/mol. The van der Waals surface area contributed by atoms with Crippen molar-refractivity contribution in [2.75, 3.05) is 4.90 Å². The number of nitrogens with zero attached hydrogens (tertiary/aromatic N) is 2. The number of aliphatic hydroxyl groups excluding tert-OH is 1. The molecule has 0 saturated heterocycles. The van der Waals surface area contributed by atoms with E-state index in [-0.39, 0.29) is 17.8 Å². The van der Waals surface area contributed by atoms with E-state index in [4.69, 9.17) is 11.6 Å². The van der Waals surface area contributed by atoms with Crippen molar-refractivity contribution < 1.29 is 14.7 Å². The van der Waals surface area contributed by atoms with Crippen LogP contribution in [0.4, 0.5) is 5.13 Å². The highest BCUT2D eigenvalue weighted by atomic mass is 35.5. The highest BCUT2D eigenvalue weighted by Crippen LogP contribution is 2.45. The molecule has 8 heteroatoms. The van der Waals surface area contributed by atoms with E-state index in [0.29, 0.717) is 15.7 Å². The third-order valence-electron chi connectivity index (χ3n) is 4.51. The maximum absolute atomic E-state index is 12.9. The number of carbonyl (C=O) groups excluding carboxylic acids is 2. The highest BCUT2D eigenvalue weighted by molar-refractivity contribution is 7.22. The van der Waals surface area contributed by atoms with E-state index in [1.54, 1.807) is 13.0 Å². The van der Waals surface area contributed by atoms with Crippen LogP contribution in [0, 0.1) is 6.92 Å². The fourth-order valence-corrected chi connectivity index (χ4v) is 5.19. The van der Waals surface area contributed by atoms with Gasteiger partial charge in [-0.2, -0.15) is 0 Å². The van der Waals surface area contributed by atoms with Crippen molar-refractivity contribution in [3.8, 4) is 0 Å². The summed E-state index contributed by atoms with van der Waals surface area (Å²) in [6.07, 6.45) is 0.205. The van der Waals surface area contributed by atoms with Crippen molar-refractivity contribution in [2.24, 2.45) is 0 Å². The predicted molar refractivity (Wildman–Crippen MR) is 109 cm³/mol. The molecular weight excluding hydrogens is 404 g/mol. The molecule has 1 atom stereocenters. The minimum Gasteiger partial charge on any atom is -0.503 e. The second-order valence-corrected chi connectivity index (χ2v) is 8.59. The van der Waals surface area contributed by atoms with E-state index in [1.165, 1.54) is 27.6 Å². The van der Waals surface area contributed by atoms with E-state index in [9.17, 15) is 14.7 Å². The number of anilines is 1. The Hall–Kier alpha value is -2.22. The van der Waals surface area contributed by atoms with Crippen molar-refractivity contribution in [1.29, 1.82) is 0 Å². The van der Waals surface area contributed by atoms with Crippen LogP contribution in [0.1, 0.15) is 29.8 Å². The first-order valence-corrected chi connectivity index (χ1v) is 10.4. The number of amides is 1. The normalized spacial score (nSPS) is 17.4. The van der Waals surface area contributed by atoms with Gasteiger partial charge in [-0.15, -0.1) is 11.3 Å². The molecule has 0 spiro atoms. The Bertz CT molecular complexity index is 1060. The molecule has 1 aromatic carbocycles. The van der Waals surface area contributed by atoms with Gasteiger partial charge in [0.05, 0.1) is 15.8 Å². The molecule has 1 N–H and O–H groups in total. The summed E-state index contributed by atoms with van der Waals surface area (Å²) in [6, 6.07) is 6.73. The van der Waals surface area contributed by atoms with Gasteiger partial charge in [0.25, 0.3) is 5.91 Å². The van der Waals surface area contributed by atoms with Crippen LogP contribution in [0.25, 0.3) is 10.2 Å². The van der Waals surface area contributed by atoms with Gasteiger partial charge in [-0.3, -0.25) is 14.5 Å². The molecule has 1 amide bonds. The number of ketones is 1. The molecule has 3 heterocycles. The predicted octanol–water partition coefficient (Wildman–Crippen LogP) is 5.20. The van der Waals surface area contributed by atoms with Gasteiger partial charge in [0.1, 0.15) is 6.04 Å². The largest absolute Gasteiger partial charge is 0.503 e. The number of hydrogen-bond donors (Lipinski definition) is 1. The monoisotopic (exact) mass is 418 g/mol. The minimum absolute atomic E-state index is 0.137. The van der Waals surface area contributed by atoms with Crippen LogP contribution >= 0.6 is 34.3 Å². The van der Waals surface area contributed by atoms with Crippen LogP contribution < -0.4 is 4.90 Å². The minimum atomic E-state index is -0.665. The van der Waals surface area contributed by atoms with Gasteiger partial charge < -0.3 is 5.11 Å². The topological polar surface area (TPSA) is 70.5 Å². The number of carbonyl (C=O) groups is 2. The summed E-state index contributed by atoms with van der Waals surface area (Å²) in [7, 11) is 0. The van der Waals surface area contributed by atoms with Gasteiger partial charge in [-0.05, 0) is 36.1 Å². The van der Waals surface area contributed by atoms with Crippen molar-refractivity contribution >= 4 is 61.3 Å². The van der Waals surface area contributed by atoms with Crippen LogP contribution in [0.5, 0.6) is 0 Å². The molecule has 138 valence electrons. The molecule has 2 aromatic heterocycles. The molecule has 0 radical (unpaired) electrons. The number of rotatable bonds is 4. The lowest BCUT2D eigenvalue weighted by atomic mass is 10.0. The van der Waals surface area contributed by atoms with Crippen molar-refractivity contribution in [2.45, 2.75) is 26.3 Å². The van der Waals surface area contributed by atoms with Crippen molar-refractivity contribution in [1.82, 2.24) is 4.98 Å². The first kappa shape index (κ1) is 18.2. The Labute approximate surface area is 168 Å². The Balaban J connectivity index is 1.89. The summed E-state index contributed by atoms with van der Waals surface area (Å²) in [5, 5.41) is 13.4. The fourth-order valence-electron chi connectivity index (χ4n) is 3.13. The summed E-state index contributed by atoms with van der Waals surface area (Å²) in [5.74, 6) is -1.34. The summed E-state index contributed by atoms with van der Waals surface area (Å²) in [4.78, 5) is 32.1. The van der Waals surface area contributed by atoms with Crippen LogP contribution in [0.2, 0.25) is 5.02 Å². The molecule has 1 unspecified atom stereocenters. The first-order valence-electron chi connectivity index (χ1n) is 8.32. The molecule has 1 aliphatic heterocycles. The van der Waals surface area contributed by atoms with Crippen LogP contribution in [-0.2, 0) is 9.59 Å². The second-order valence-electron chi connectivity index (χ2n) is 6.20. The maximum atomic E-state index is 12.9. The zero-order valence-electron chi connectivity index (χ0n) is 14.5. The fraction of sp³-hybridized carbons (Fsp3) is 0.211. The molecule has 4 rings (SSSR count). The number of thiophene rings is 1. The zero-order chi connectivity index (χ0) is 19.3.